The van der Waals surface area contributed by atoms with Crippen LogP contribution in [0.3, 0.4) is 0 Å². The van der Waals surface area contributed by atoms with Crippen molar-refractivity contribution in [3.05, 3.63) is 29.0 Å². The fourth-order valence-corrected chi connectivity index (χ4v) is 2.91. The summed E-state index contributed by atoms with van der Waals surface area (Å²) in [5.74, 6) is 0.744. The van der Waals surface area contributed by atoms with Gasteiger partial charge in [0.2, 0.25) is 0 Å². The minimum atomic E-state index is -4.19. The number of pyridine rings is 1. The van der Waals surface area contributed by atoms with Crippen LogP contribution in [0.25, 0.3) is 0 Å². The van der Waals surface area contributed by atoms with Gasteiger partial charge in [-0.25, -0.2) is 4.98 Å². The number of nitrogens with zero attached hydrogens (tertiary/aromatic N) is 4. The van der Waals surface area contributed by atoms with E-state index in [4.69, 9.17) is 11.6 Å². The Morgan fingerprint density at radius 2 is 1.96 bits per heavy atom. The molecule has 1 unspecified atom stereocenters. The molecule has 10 heteroatoms. The van der Waals surface area contributed by atoms with E-state index < -0.39 is 12.2 Å². The third kappa shape index (κ3) is 7.61. The Bertz CT molecular complexity index is 589. The Morgan fingerprint density at radius 3 is 2.48 bits per heavy atom. The van der Waals surface area contributed by atoms with Crippen LogP contribution in [0.4, 0.5) is 13.2 Å². The summed E-state index contributed by atoms with van der Waals surface area (Å²) < 4.78 is 38.6. The number of piperazine rings is 1. The van der Waals surface area contributed by atoms with Crippen molar-refractivity contribution in [1.82, 2.24) is 20.1 Å². The lowest BCUT2D eigenvalue weighted by Gasteiger charge is -2.39. The molecule has 1 atom stereocenters. The lowest BCUT2D eigenvalue weighted by molar-refractivity contribution is -0.181. The molecule has 0 bridgehead atoms. The molecule has 1 aromatic rings. The van der Waals surface area contributed by atoms with Gasteiger partial charge >= 0.3 is 6.18 Å². The van der Waals surface area contributed by atoms with Gasteiger partial charge in [-0.05, 0) is 31.9 Å². The van der Waals surface area contributed by atoms with Crippen LogP contribution >= 0.6 is 35.6 Å². The van der Waals surface area contributed by atoms with Crippen LogP contribution in [0.5, 0.6) is 0 Å². The van der Waals surface area contributed by atoms with Crippen LogP contribution in [0.1, 0.15) is 19.4 Å². The van der Waals surface area contributed by atoms with Gasteiger partial charge in [0, 0.05) is 45.5 Å². The highest BCUT2D eigenvalue weighted by Gasteiger charge is 2.41. The summed E-state index contributed by atoms with van der Waals surface area (Å²) in [5, 5.41) is 3.68. The van der Waals surface area contributed by atoms with Gasteiger partial charge < -0.3 is 10.2 Å². The fraction of sp³-hybridized carbons (Fsp3) is 0.647. The van der Waals surface area contributed by atoms with Crippen molar-refractivity contribution in [3.63, 3.8) is 0 Å². The van der Waals surface area contributed by atoms with E-state index in [0.717, 1.165) is 17.9 Å². The van der Waals surface area contributed by atoms with Gasteiger partial charge in [0.25, 0.3) is 0 Å². The zero-order valence-corrected chi connectivity index (χ0v) is 18.6. The number of hydrogen-bond donors (Lipinski definition) is 1. The highest BCUT2D eigenvalue weighted by molar-refractivity contribution is 14.0. The molecular formula is C17H26ClF3IN5. The van der Waals surface area contributed by atoms with Crippen molar-refractivity contribution in [3.8, 4) is 0 Å². The maximum atomic E-state index is 12.9. The largest absolute Gasteiger partial charge is 0.403 e. The van der Waals surface area contributed by atoms with Crippen LogP contribution < -0.4 is 5.32 Å². The first-order chi connectivity index (χ1) is 12.3. The molecule has 0 aliphatic carbocycles. The van der Waals surface area contributed by atoms with E-state index in [0.29, 0.717) is 44.4 Å². The number of aromatic nitrogens is 1. The van der Waals surface area contributed by atoms with Crippen molar-refractivity contribution < 1.29 is 13.2 Å². The summed E-state index contributed by atoms with van der Waals surface area (Å²) in [7, 11) is 0. The quantitative estimate of drug-likeness (QED) is 0.280. The van der Waals surface area contributed by atoms with E-state index in [9.17, 15) is 13.2 Å². The average molecular weight is 520 g/mol. The van der Waals surface area contributed by atoms with Gasteiger partial charge in [-0.1, -0.05) is 17.7 Å². The summed E-state index contributed by atoms with van der Waals surface area (Å²) in [4.78, 5) is 12.1. The Morgan fingerprint density at radius 1 is 1.30 bits per heavy atom. The fourth-order valence-electron chi connectivity index (χ4n) is 2.80. The zero-order chi connectivity index (χ0) is 19.2. The second-order valence-electron chi connectivity index (χ2n) is 6.22. The van der Waals surface area contributed by atoms with Gasteiger partial charge in [-0.3, -0.25) is 9.89 Å². The second-order valence-corrected chi connectivity index (χ2v) is 6.60. The van der Waals surface area contributed by atoms with Crippen LogP contribution in [0.15, 0.2) is 23.3 Å². The smallest absolute Gasteiger partial charge is 0.357 e. The Hall–Kier alpha value is -0.810. The van der Waals surface area contributed by atoms with Crippen LogP contribution in [0, 0.1) is 0 Å². The van der Waals surface area contributed by atoms with Gasteiger partial charge in [0.1, 0.15) is 11.2 Å². The molecule has 2 heterocycles. The molecule has 1 fully saturated rings. The number of guanidine groups is 1. The molecule has 0 aromatic carbocycles. The highest BCUT2D eigenvalue weighted by atomic mass is 127. The minimum absolute atomic E-state index is 0. The molecule has 5 nitrogen and oxygen atoms in total. The summed E-state index contributed by atoms with van der Waals surface area (Å²) in [6.07, 6.45) is -1.74. The van der Waals surface area contributed by atoms with Gasteiger partial charge in [-0.2, -0.15) is 13.2 Å². The van der Waals surface area contributed by atoms with Crippen molar-refractivity contribution >= 4 is 41.5 Å². The minimum Gasteiger partial charge on any atom is -0.357 e. The monoisotopic (exact) mass is 519 g/mol. The molecule has 0 saturated carbocycles. The summed E-state index contributed by atoms with van der Waals surface area (Å²) >= 11 is 5.77. The number of hydrogen-bond acceptors (Lipinski definition) is 3. The number of aliphatic imine (C=N–C) groups is 1. The first kappa shape index (κ1) is 24.2. The molecule has 0 spiro atoms. The Kier molecular flexibility index (Phi) is 10.1. The molecule has 1 saturated heterocycles. The highest BCUT2D eigenvalue weighted by Crippen LogP contribution is 2.25. The number of rotatable bonds is 5. The van der Waals surface area contributed by atoms with Crippen molar-refractivity contribution in [2.45, 2.75) is 32.5 Å². The molecule has 27 heavy (non-hydrogen) atoms. The molecular weight excluding hydrogens is 494 g/mol. The van der Waals surface area contributed by atoms with Gasteiger partial charge in [0.05, 0.1) is 0 Å². The lowest BCUT2D eigenvalue weighted by Crippen LogP contribution is -2.56. The van der Waals surface area contributed by atoms with Gasteiger partial charge in [-0.15, -0.1) is 24.0 Å². The van der Waals surface area contributed by atoms with E-state index in [2.05, 4.69) is 15.3 Å². The molecule has 1 aliphatic rings. The third-order valence-electron chi connectivity index (χ3n) is 4.42. The maximum absolute atomic E-state index is 12.9. The molecule has 1 aliphatic heterocycles. The molecule has 154 valence electrons. The third-order valence-corrected chi connectivity index (χ3v) is 4.64. The zero-order valence-electron chi connectivity index (χ0n) is 15.5. The lowest BCUT2D eigenvalue weighted by atomic mass is 10.2. The first-order valence-electron chi connectivity index (χ1n) is 8.75. The normalized spacial score (nSPS) is 17.4. The predicted molar refractivity (Wildman–Crippen MR) is 113 cm³/mol. The molecule has 1 N–H and O–H groups in total. The number of halogens is 5. The van der Waals surface area contributed by atoms with E-state index in [-0.39, 0.29) is 24.0 Å². The maximum Gasteiger partial charge on any atom is 0.403 e. The van der Waals surface area contributed by atoms with E-state index >= 15 is 0 Å². The van der Waals surface area contributed by atoms with Crippen molar-refractivity contribution in [2.24, 2.45) is 4.99 Å². The Labute approximate surface area is 180 Å². The second kappa shape index (κ2) is 11.3. The number of nitrogens with one attached hydrogen (secondary N) is 1. The van der Waals surface area contributed by atoms with E-state index in [1.807, 2.05) is 17.9 Å². The van der Waals surface area contributed by atoms with Crippen LogP contribution in [0.2, 0.25) is 5.15 Å². The standard InChI is InChI=1S/C17H25ClF3N5.HI/c1-3-22-16(23-7-6-14-4-5-15(18)24-12-14)26-10-8-25(9-11-26)13(2)17(19,20)21;/h4-5,12-13H,3,6-11H2,1-2H3,(H,22,23);1H. The summed E-state index contributed by atoms with van der Waals surface area (Å²) in [5.41, 5.74) is 1.04. The van der Waals surface area contributed by atoms with Crippen molar-refractivity contribution in [2.75, 3.05) is 39.3 Å². The molecule has 0 radical (unpaired) electrons. The summed E-state index contributed by atoms with van der Waals surface area (Å²) in [6, 6.07) is 2.24. The van der Waals surface area contributed by atoms with Crippen LogP contribution in [-0.4, -0.2) is 72.2 Å². The first-order valence-corrected chi connectivity index (χ1v) is 9.13. The number of alkyl halides is 3. The van der Waals surface area contributed by atoms with E-state index in [1.165, 1.54) is 11.8 Å². The predicted octanol–water partition coefficient (Wildman–Crippen LogP) is 3.43. The SMILES string of the molecule is CCNC(=NCCc1ccc(Cl)nc1)N1CCN(C(C)C(F)(F)F)CC1.I. The molecule has 0 amide bonds. The average Bonchev–Trinajstić information content (AvgIpc) is 2.61. The molecule has 1 aromatic heterocycles. The van der Waals surface area contributed by atoms with Crippen LogP contribution in [-0.2, 0) is 6.42 Å². The topological polar surface area (TPSA) is 43.8 Å². The molecule has 2 rings (SSSR count). The van der Waals surface area contributed by atoms with Crippen molar-refractivity contribution in [1.29, 1.82) is 0 Å². The van der Waals surface area contributed by atoms with E-state index in [1.54, 1.807) is 12.3 Å². The Balaban J connectivity index is 0.00000364. The van der Waals surface area contributed by atoms with Gasteiger partial charge in [0.15, 0.2) is 5.96 Å². The summed E-state index contributed by atoms with van der Waals surface area (Å²) in [6.45, 7) is 6.25.